The van der Waals surface area contributed by atoms with Gasteiger partial charge in [-0.1, -0.05) is 0 Å². The zero-order valence-electron chi connectivity index (χ0n) is 6.12. The second kappa shape index (κ2) is 29.3. The van der Waals surface area contributed by atoms with E-state index in [0.717, 1.165) is 0 Å². The summed E-state index contributed by atoms with van der Waals surface area (Å²) >= 11 is 0. The minimum atomic E-state index is -2.33. The Kier molecular flexibility index (Phi) is 85.6. The second-order valence-electron chi connectivity index (χ2n) is 0.346. The van der Waals surface area contributed by atoms with Gasteiger partial charge in [-0.25, -0.2) is 0 Å². The largest absolute Gasteiger partial charge is 1.00 e. The van der Waals surface area contributed by atoms with Crippen molar-refractivity contribution in [1.29, 1.82) is 0 Å². The minimum Gasteiger partial charge on any atom is -0.652 e. The molecule has 0 saturated carbocycles. The zero-order chi connectivity index (χ0) is 6.28. The number of carbonyl (C=O) groups excluding carboxylic acids is 2. The summed E-state index contributed by atoms with van der Waals surface area (Å²) in [6.07, 6.45) is -2.33. The third kappa shape index (κ3) is 99.2. The summed E-state index contributed by atoms with van der Waals surface area (Å²) in [6, 6.07) is 0. The molecule has 0 aliphatic rings. The number of rotatable bonds is 0. The van der Waals surface area contributed by atoms with Gasteiger partial charge in [0.2, 0.25) is 0 Å². The van der Waals surface area contributed by atoms with E-state index in [0.29, 0.717) is 0 Å². The molecule has 0 fully saturated rings. The summed E-state index contributed by atoms with van der Waals surface area (Å²) in [5, 5.41) is 24.9. The average Bonchev–Trinajstić information content (AvgIpc) is 1.33. The number of hydrogen-bond acceptors (Lipinski definition) is 5. The van der Waals surface area contributed by atoms with E-state index in [1.54, 1.807) is 0 Å². The van der Waals surface area contributed by atoms with Crippen molar-refractivity contribution in [2.75, 3.05) is 0 Å². The fourth-order valence-electron chi connectivity index (χ4n) is 0. The average molecular weight is 222 g/mol. The van der Waals surface area contributed by atoms with E-state index < -0.39 is 12.6 Å². The molecule has 0 saturated heterocycles. The predicted molar refractivity (Wildman–Crippen MR) is 11.5 cm³/mol. The first-order valence-corrected chi connectivity index (χ1v) is 1.08. The SMILES string of the molecule is O=C([O-])[O-].O=C[O-].[K+].[K+].[K+]. The molecule has 0 unspecified atom stereocenters. The maximum absolute atomic E-state index is 8.33. The zero-order valence-corrected chi connectivity index (χ0v) is 15.5. The molecule has 0 aromatic carbocycles. The second-order valence-corrected chi connectivity index (χ2v) is 0.346. The van der Waals surface area contributed by atoms with Gasteiger partial charge in [-0.15, -0.1) is 0 Å². The molecule has 0 heterocycles. The molecule has 0 aliphatic carbocycles. The monoisotopic (exact) mass is 222 g/mol. The quantitative estimate of drug-likeness (QED) is 0.299. The van der Waals surface area contributed by atoms with Crippen LogP contribution in [0, 0.1) is 0 Å². The fourth-order valence-corrected chi connectivity index (χ4v) is 0. The van der Waals surface area contributed by atoms with Crippen molar-refractivity contribution >= 4 is 12.6 Å². The topological polar surface area (TPSA) is 103 Å². The molecule has 0 bridgehead atoms. The Bertz CT molecular complexity index is 61.9. The Balaban J connectivity index is -0.0000000131. The molecule has 0 aromatic heterocycles. The van der Waals surface area contributed by atoms with Gasteiger partial charge < -0.3 is 24.9 Å². The molecule has 0 amide bonds. The molecule has 0 spiro atoms. The van der Waals surface area contributed by atoms with Gasteiger partial charge >= 0.3 is 154 Å². The van der Waals surface area contributed by atoms with Crippen LogP contribution in [-0.2, 0) is 4.79 Å². The van der Waals surface area contributed by atoms with E-state index in [1.165, 1.54) is 0 Å². The molecule has 0 aromatic rings. The summed E-state index contributed by atoms with van der Waals surface area (Å²) in [7, 11) is 0. The van der Waals surface area contributed by atoms with Crippen molar-refractivity contribution in [3.63, 3.8) is 0 Å². The predicted octanol–water partition coefficient (Wildman–Crippen LogP) is -13.1. The minimum absolute atomic E-state index is 0. The Morgan fingerprint density at radius 1 is 1.10 bits per heavy atom. The number of hydrogen-bond donors (Lipinski definition) is 0. The maximum Gasteiger partial charge on any atom is 1.00 e. The van der Waals surface area contributed by atoms with E-state index in [2.05, 4.69) is 0 Å². The molecule has 0 N–H and O–H groups in total. The fraction of sp³-hybridized carbons (Fsp3) is 0. The third-order valence-electron chi connectivity index (χ3n) is 0. The van der Waals surface area contributed by atoms with Gasteiger partial charge in [-0.05, 0) is 6.16 Å². The van der Waals surface area contributed by atoms with Crippen molar-refractivity contribution < 1.29 is 179 Å². The summed E-state index contributed by atoms with van der Waals surface area (Å²) in [4.78, 5) is 16.6. The van der Waals surface area contributed by atoms with Crippen LogP contribution in [0.5, 0.6) is 0 Å². The van der Waals surface area contributed by atoms with Gasteiger partial charge in [0.05, 0.1) is 0 Å². The van der Waals surface area contributed by atoms with Crippen LogP contribution in [-0.4, -0.2) is 12.6 Å². The van der Waals surface area contributed by atoms with Crippen LogP contribution in [0.4, 0.5) is 4.79 Å². The Morgan fingerprint density at radius 2 is 1.10 bits per heavy atom. The Morgan fingerprint density at radius 3 is 1.10 bits per heavy atom. The molecule has 0 rings (SSSR count). The van der Waals surface area contributed by atoms with Crippen LogP contribution in [0.3, 0.4) is 0 Å². The maximum atomic E-state index is 8.33. The molecule has 0 radical (unpaired) electrons. The van der Waals surface area contributed by atoms with E-state index in [1.807, 2.05) is 0 Å². The molecular formula is C2HK3O5. The molecule has 0 aliphatic heterocycles. The van der Waals surface area contributed by atoms with Gasteiger partial charge in [0.25, 0.3) is 0 Å². The summed E-state index contributed by atoms with van der Waals surface area (Å²) < 4.78 is 0. The number of carbonyl (C=O) groups is 2. The van der Waals surface area contributed by atoms with Gasteiger partial charge in [-0.3, -0.25) is 0 Å². The Labute approximate surface area is 186 Å². The van der Waals surface area contributed by atoms with Gasteiger partial charge in [0.15, 0.2) is 0 Å². The smallest absolute Gasteiger partial charge is 0.652 e. The molecule has 10 heavy (non-hydrogen) atoms. The first-order chi connectivity index (χ1) is 3.15. The summed E-state index contributed by atoms with van der Waals surface area (Å²) in [5.41, 5.74) is 0. The van der Waals surface area contributed by atoms with Crippen molar-refractivity contribution in [3.05, 3.63) is 0 Å². The van der Waals surface area contributed by atoms with Crippen molar-refractivity contribution in [2.24, 2.45) is 0 Å². The van der Waals surface area contributed by atoms with Gasteiger partial charge in [0.1, 0.15) is 0 Å². The molecule has 8 heteroatoms. The molecule has 42 valence electrons. The van der Waals surface area contributed by atoms with E-state index in [9.17, 15) is 0 Å². The first kappa shape index (κ1) is 29.2. The van der Waals surface area contributed by atoms with Crippen molar-refractivity contribution in [3.8, 4) is 0 Å². The van der Waals surface area contributed by atoms with E-state index in [4.69, 9.17) is 24.9 Å². The van der Waals surface area contributed by atoms with E-state index >= 15 is 0 Å². The molecular weight excluding hydrogens is 221 g/mol. The van der Waals surface area contributed by atoms with Crippen LogP contribution in [0.15, 0.2) is 0 Å². The normalized spacial score (nSPS) is 3.60. The van der Waals surface area contributed by atoms with Gasteiger partial charge in [0, 0.05) is 6.47 Å². The van der Waals surface area contributed by atoms with Crippen LogP contribution in [0.1, 0.15) is 0 Å². The Hall–Kier alpha value is 3.65. The van der Waals surface area contributed by atoms with Crippen LogP contribution >= 0.6 is 0 Å². The summed E-state index contributed by atoms with van der Waals surface area (Å²) in [5.74, 6) is 0. The summed E-state index contributed by atoms with van der Waals surface area (Å²) in [6.45, 7) is -0.500. The van der Waals surface area contributed by atoms with Crippen LogP contribution in [0.25, 0.3) is 0 Å². The number of carboxylic acid groups (broad SMARTS) is 3. The molecule has 5 nitrogen and oxygen atoms in total. The van der Waals surface area contributed by atoms with E-state index in [-0.39, 0.29) is 154 Å². The standard InChI is InChI=1S/CH2O3.CH2O2.3K/c2-1(3)4;2-1-3;;;/h(H2,2,3,4);1H,(H,2,3);;;/q;;3*+1/p-3. The molecule has 0 atom stereocenters. The van der Waals surface area contributed by atoms with Crippen molar-refractivity contribution in [2.45, 2.75) is 0 Å². The van der Waals surface area contributed by atoms with Crippen LogP contribution in [0.2, 0.25) is 0 Å². The van der Waals surface area contributed by atoms with Crippen LogP contribution < -0.4 is 169 Å². The first-order valence-electron chi connectivity index (χ1n) is 1.08. The van der Waals surface area contributed by atoms with Crippen molar-refractivity contribution in [1.82, 2.24) is 0 Å². The van der Waals surface area contributed by atoms with Gasteiger partial charge in [-0.2, -0.15) is 0 Å². The third-order valence-corrected chi connectivity index (χ3v) is 0.